The number of nitrogen functional groups attached to an aromatic ring is 1. The van der Waals surface area contributed by atoms with Crippen LogP contribution in [0.2, 0.25) is 5.02 Å². The summed E-state index contributed by atoms with van der Waals surface area (Å²) in [5.41, 5.74) is 6.86. The van der Waals surface area contributed by atoms with Crippen LogP contribution < -0.4 is 10.5 Å². The number of aromatic nitrogens is 2. The van der Waals surface area contributed by atoms with Gasteiger partial charge in [0.05, 0.1) is 17.3 Å². The maximum atomic E-state index is 13.5. The smallest absolute Gasteiger partial charge is 0.146 e. The fraction of sp³-hybridized carbons (Fsp3) is 0.250. The van der Waals surface area contributed by atoms with E-state index in [2.05, 4.69) is 10.2 Å². The van der Waals surface area contributed by atoms with Gasteiger partial charge in [0.25, 0.3) is 0 Å². The van der Waals surface area contributed by atoms with Crippen LogP contribution in [0.4, 0.5) is 10.2 Å². The lowest BCUT2D eigenvalue weighted by atomic mass is 10.1. The van der Waals surface area contributed by atoms with Crippen LogP contribution in [0.25, 0.3) is 11.1 Å². The van der Waals surface area contributed by atoms with E-state index in [9.17, 15) is 4.39 Å². The van der Waals surface area contributed by atoms with E-state index >= 15 is 0 Å². The number of nitrogens with one attached hydrogen (secondary N) is 1. The quantitative estimate of drug-likeness (QED) is 0.898. The van der Waals surface area contributed by atoms with Crippen molar-refractivity contribution in [3.05, 3.63) is 29.2 Å². The van der Waals surface area contributed by atoms with Crippen molar-refractivity contribution in [3.8, 4) is 16.9 Å². The van der Waals surface area contributed by atoms with Crippen LogP contribution in [0.3, 0.4) is 0 Å². The molecule has 0 bridgehead atoms. The molecule has 1 heterocycles. The molecule has 18 heavy (non-hydrogen) atoms. The summed E-state index contributed by atoms with van der Waals surface area (Å²) in [5, 5.41) is 6.68. The number of halogens is 2. The average molecular weight is 268 g/mol. The Labute approximate surface area is 108 Å². The van der Waals surface area contributed by atoms with E-state index in [0.29, 0.717) is 22.7 Å². The Morgan fingerprint density at radius 2 is 2.17 bits per heavy atom. The monoisotopic (exact) mass is 267 g/mol. The van der Waals surface area contributed by atoms with Crippen LogP contribution in [0.1, 0.15) is 12.8 Å². The molecule has 1 aliphatic rings. The number of hydrogen-bond acceptors (Lipinski definition) is 3. The molecule has 1 saturated carbocycles. The zero-order valence-corrected chi connectivity index (χ0v) is 10.2. The van der Waals surface area contributed by atoms with E-state index in [-0.39, 0.29) is 11.1 Å². The summed E-state index contributed by atoms with van der Waals surface area (Å²) in [6.45, 7) is 0. The van der Waals surface area contributed by atoms with Crippen molar-refractivity contribution in [2.24, 2.45) is 0 Å². The van der Waals surface area contributed by atoms with E-state index in [1.807, 2.05) is 0 Å². The summed E-state index contributed by atoms with van der Waals surface area (Å²) in [6.07, 6.45) is 3.68. The van der Waals surface area contributed by atoms with Gasteiger partial charge in [0.1, 0.15) is 17.4 Å². The molecule has 2 aromatic rings. The van der Waals surface area contributed by atoms with Crippen molar-refractivity contribution >= 4 is 17.4 Å². The molecule has 0 amide bonds. The number of ether oxygens (including phenoxy) is 1. The van der Waals surface area contributed by atoms with Crippen LogP contribution in [0, 0.1) is 5.82 Å². The summed E-state index contributed by atoms with van der Waals surface area (Å²) >= 11 is 6.04. The summed E-state index contributed by atoms with van der Waals surface area (Å²) in [7, 11) is 0. The van der Waals surface area contributed by atoms with Crippen molar-refractivity contribution in [2.45, 2.75) is 18.9 Å². The Balaban J connectivity index is 2.13. The first kappa shape index (κ1) is 11.3. The summed E-state index contributed by atoms with van der Waals surface area (Å²) < 4.78 is 19.2. The van der Waals surface area contributed by atoms with E-state index < -0.39 is 5.82 Å². The first-order valence-electron chi connectivity index (χ1n) is 5.60. The zero-order chi connectivity index (χ0) is 12.7. The predicted octanol–water partition coefficient (Wildman–Crippen LogP) is 2.99. The average Bonchev–Trinajstić information content (AvgIpc) is 3.03. The van der Waals surface area contributed by atoms with Crippen LogP contribution in [0.5, 0.6) is 5.75 Å². The third-order valence-corrected chi connectivity index (χ3v) is 3.06. The lowest BCUT2D eigenvalue weighted by Gasteiger charge is -2.12. The van der Waals surface area contributed by atoms with Gasteiger partial charge in [-0.2, -0.15) is 5.10 Å². The molecule has 3 N–H and O–H groups in total. The first-order valence-corrected chi connectivity index (χ1v) is 5.98. The van der Waals surface area contributed by atoms with Gasteiger partial charge in [0, 0.05) is 11.1 Å². The molecule has 0 radical (unpaired) electrons. The van der Waals surface area contributed by atoms with Crippen molar-refractivity contribution in [3.63, 3.8) is 0 Å². The van der Waals surface area contributed by atoms with Gasteiger partial charge in [-0.25, -0.2) is 4.39 Å². The molecule has 6 heteroatoms. The maximum absolute atomic E-state index is 13.5. The molecule has 0 spiro atoms. The Morgan fingerprint density at radius 3 is 2.78 bits per heavy atom. The lowest BCUT2D eigenvalue weighted by Crippen LogP contribution is -2.00. The van der Waals surface area contributed by atoms with E-state index in [4.69, 9.17) is 22.1 Å². The number of nitrogens with zero attached hydrogens (tertiary/aromatic N) is 1. The highest BCUT2D eigenvalue weighted by molar-refractivity contribution is 6.32. The fourth-order valence-electron chi connectivity index (χ4n) is 1.74. The fourth-order valence-corrected chi connectivity index (χ4v) is 1.99. The minimum absolute atomic E-state index is 0.167. The third-order valence-electron chi connectivity index (χ3n) is 2.78. The molecule has 0 unspecified atom stereocenters. The number of rotatable bonds is 3. The highest BCUT2D eigenvalue weighted by Crippen LogP contribution is 2.41. The van der Waals surface area contributed by atoms with Crippen molar-refractivity contribution < 1.29 is 9.13 Å². The second-order valence-electron chi connectivity index (χ2n) is 4.28. The molecule has 1 fully saturated rings. The molecular formula is C12H11ClFN3O. The van der Waals surface area contributed by atoms with Gasteiger partial charge >= 0.3 is 0 Å². The minimum atomic E-state index is -0.432. The van der Waals surface area contributed by atoms with Gasteiger partial charge in [-0.15, -0.1) is 0 Å². The largest absolute Gasteiger partial charge is 0.488 e. The molecular weight excluding hydrogens is 257 g/mol. The number of H-pyrrole nitrogens is 1. The maximum Gasteiger partial charge on any atom is 0.146 e. The molecule has 0 aliphatic heterocycles. The van der Waals surface area contributed by atoms with Crippen molar-refractivity contribution in [1.82, 2.24) is 10.2 Å². The molecule has 4 nitrogen and oxygen atoms in total. The number of nitrogens with two attached hydrogens (primary N) is 1. The second-order valence-corrected chi connectivity index (χ2v) is 4.69. The second kappa shape index (κ2) is 4.17. The highest BCUT2D eigenvalue weighted by atomic mass is 35.5. The van der Waals surface area contributed by atoms with Gasteiger partial charge in [0.15, 0.2) is 0 Å². The van der Waals surface area contributed by atoms with Gasteiger partial charge in [-0.1, -0.05) is 11.6 Å². The minimum Gasteiger partial charge on any atom is -0.488 e. The SMILES string of the molecule is Nc1[nH]ncc1-c1cc(F)cc(Cl)c1OC1CC1. The van der Waals surface area contributed by atoms with E-state index in [1.165, 1.54) is 18.3 Å². The van der Waals surface area contributed by atoms with Crippen LogP contribution in [-0.2, 0) is 0 Å². The molecule has 0 saturated heterocycles. The molecule has 0 atom stereocenters. The molecule has 3 rings (SSSR count). The van der Waals surface area contributed by atoms with Crippen LogP contribution in [0.15, 0.2) is 18.3 Å². The van der Waals surface area contributed by atoms with Crippen LogP contribution >= 0.6 is 11.6 Å². The first-order chi connectivity index (χ1) is 8.65. The molecule has 94 valence electrons. The van der Waals surface area contributed by atoms with Gasteiger partial charge in [0.2, 0.25) is 0 Å². The molecule has 1 aliphatic carbocycles. The molecule has 1 aromatic carbocycles. The topological polar surface area (TPSA) is 63.9 Å². The zero-order valence-electron chi connectivity index (χ0n) is 9.41. The summed E-state index contributed by atoms with van der Waals surface area (Å²) in [5.74, 6) is 0.393. The van der Waals surface area contributed by atoms with E-state index in [1.54, 1.807) is 0 Å². The Morgan fingerprint density at radius 1 is 1.39 bits per heavy atom. The number of benzene rings is 1. The summed E-state index contributed by atoms with van der Waals surface area (Å²) in [4.78, 5) is 0. The Hall–Kier alpha value is -1.75. The van der Waals surface area contributed by atoms with Gasteiger partial charge in [-0.3, -0.25) is 5.10 Å². The van der Waals surface area contributed by atoms with E-state index in [0.717, 1.165) is 12.8 Å². The normalized spacial score (nSPS) is 14.8. The standard InChI is InChI=1S/C12H11ClFN3O/c13-10-4-6(14)3-8(9-5-16-17-12(9)15)11(10)18-7-1-2-7/h3-5,7H,1-2H2,(H3,15,16,17). The van der Waals surface area contributed by atoms with Crippen LogP contribution in [-0.4, -0.2) is 16.3 Å². The Bertz CT molecular complexity index is 595. The van der Waals surface area contributed by atoms with Gasteiger partial charge in [-0.05, 0) is 25.0 Å². The predicted molar refractivity (Wildman–Crippen MR) is 67.1 cm³/mol. The highest BCUT2D eigenvalue weighted by Gasteiger charge is 2.27. The number of anilines is 1. The summed E-state index contributed by atoms with van der Waals surface area (Å²) in [6, 6.07) is 2.59. The Kier molecular flexibility index (Phi) is 2.63. The molecule has 1 aromatic heterocycles. The lowest BCUT2D eigenvalue weighted by molar-refractivity contribution is 0.304. The third kappa shape index (κ3) is 2.01. The van der Waals surface area contributed by atoms with Crippen molar-refractivity contribution in [2.75, 3.05) is 5.73 Å². The van der Waals surface area contributed by atoms with Crippen molar-refractivity contribution in [1.29, 1.82) is 0 Å². The van der Waals surface area contributed by atoms with Gasteiger partial charge < -0.3 is 10.5 Å². The number of aromatic amines is 1. The number of hydrogen-bond donors (Lipinski definition) is 2.